The maximum absolute atomic E-state index is 12.7. The molecule has 64 valence electrons. The third-order valence-electron chi connectivity index (χ3n) is 1.88. The van der Waals surface area contributed by atoms with Crippen LogP contribution in [0, 0.1) is 5.82 Å². The molecule has 0 saturated carbocycles. The Morgan fingerprint density at radius 1 is 1.42 bits per heavy atom. The summed E-state index contributed by atoms with van der Waals surface area (Å²) in [6, 6.07) is 4.18. The Morgan fingerprint density at radius 3 is 3.08 bits per heavy atom. The number of rotatable bonds is 0. The molecule has 0 N–H and O–H groups in total. The fourth-order valence-corrected chi connectivity index (χ4v) is 1.33. The van der Waals surface area contributed by atoms with Crippen molar-refractivity contribution < 1.29 is 13.5 Å². The van der Waals surface area contributed by atoms with Gasteiger partial charge in [-0.1, -0.05) is 0 Å². The highest BCUT2D eigenvalue weighted by molar-refractivity contribution is 5.35. The molecule has 1 aromatic rings. The fraction of sp³-hybridized carbons (Fsp3) is 0.333. The van der Waals surface area contributed by atoms with E-state index in [1.807, 2.05) is 0 Å². The molecule has 3 heteroatoms. The molecule has 1 atom stereocenters. The van der Waals surface area contributed by atoms with Gasteiger partial charge in [0.1, 0.15) is 24.3 Å². The van der Waals surface area contributed by atoms with Gasteiger partial charge in [0, 0.05) is 12.0 Å². The summed E-state index contributed by atoms with van der Waals surface area (Å²) in [6.45, 7) is 0.0820. The minimum atomic E-state index is -1.00. The van der Waals surface area contributed by atoms with E-state index < -0.39 is 6.17 Å². The topological polar surface area (TPSA) is 9.23 Å². The van der Waals surface area contributed by atoms with Gasteiger partial charge < -0.3 is 4.74 Å². The van der Waals surface area contributed by atoms with Gasteiger partial charge in [0.05, 0.1) is 0 Å². The van der Waals surface area contributed by atoms with E-state index >= 15 is 0 Å². The minimum absolute atomic E-state index is 0.0820. The van der Waals surface area contributed by atoms with Crippen LogP contribution in [-0.4, -0.2) is 12.8 Å². The van der Waals surface area contributed by atoms with Gasteiger partial charge >= 0.3 is 0 Å². The summed E-state index contributed by atoms with van der Waals surface area (Å²) in [4.78, 5) is 0. The first-order valence-corrected chi connectivity index (χ1v) is 3.81. The third kappa shape index (κ3) is 1.26. The first kappa shape index (κ1) is 7.53. The van der Waals surface area contributed by atoms with E-state index in [0.29, 0.717) is 11.3 Å². The molecule has 0 aliphatic carbocycles. The van der Waals surface area contributed by atoms with E-state index in [4.69, 9.17) is 4.74 Å². The SMILES string of the molecule is Fc1ccc2c(c1)CC(F)CO2. The van der Waals surface area contributed by atoms with E-state index in [1.54, 1.807) is 0 Å². The van der Waals surface area contributed by atoms with Crippen LogP contribution in [0.5, 0.6) is 5.75 Å². The van der Waals surface area contributed by atoms with E-state index in [0.717, 1.165) is 0 Å². The zero-order valence-electron chi connectivity index (χ0n) is 6.39. The third-order valence-corrected chi connectivity index (χ3v) is 1.88. The standard InChI is InChI=1S/C9H8F2O/c10-7-1-2-9-6(3-7)4-8(11)5-12-9/h1-3,8H,4-5H2. The summed E-state index contributed by atoms with van der Waals surface area (Å²) in [5.74, 6) is 0.261. The zero-order valence-corrected chi connectivity index (χ0v) is 6.39. The molecule has 0 amide bonds. The predicted octanol–water partition coefficient (Wildman–Crippen LogP) is 2.10. The van der Waals surface area contributed by atoms with Gasteiger partial charge in [0.15, 0.2) is 0 Å². The number of benzene rings is 1. The molecule has 0 fully saturated rings. The number of halogens is 2. The molecule has 1 aliphatic heterocycles. The first-order chi connectivity index (χ1) is 5.75. The Morgan fingerprint density at radius 2 is 2.25 bits per heavy atom. The van der Waals surface area contributed by atoms with Crippen LogP contribution in [0.4, 0.5) is 8.78 Å². The van der Waals surface area contributed by atoms with Crippen LogP contribution in [0.1, 0.15) is 5.56 Å². The number of ether oxygens (including phenoxy) is 1. The Bertz CT molecular complexity index is 299. The van der Waals surface area contributed by atoms with Crippen LogP contribution in [-0.2, 0) is 6.42 Å². The number of hydrogen-bond acceptors (Lipinski definition) is 1. The van der Waals surface area contributed by atoms with E-state index in [1.165, 1.54) is 18.2 Å². The molecule has 1 heterocycles. The molecular formula is C9H8F2O. The van der Waals surface area contributed by atoms with Gasteiger partial charge in [0.25, 0.3) is 0 Å². The van der Waals surface area contributed by atoms with Crippen molar-refractivity contribution in [3.8, 4) is 5.75 Å². The molecule has 2 rings (SSSR count). The summed E-state index contributed by atoms with van der Waals surface area (Å²) in [5, 5.41) is 0. The largest absolute Gasteiger partial charge is 0.490 e. The average molecular weight is 170 g/mol. The molecule has 0 radical (unpaired) electrons. The predicted molar refractivity (Wildman–Crippen MR) is 40.5 cm³/mol. The van der Waals surface area contributed by atoms with Crippen molar-refractivity contribution in [2.75, 3.05) is 6.61 Å². The second-order valence-electron chi connectivity index (χ2n) is 2.86. The normalized spacial score (nSPS) is 21.3. The summed E-state index contributed by atoms with van der Waals surface area (Å²) < 4.78 is 30.4. The van der Waals surface area contributed by atoms with Crippen molar-refractivity contribution >= 4 is 0 Å². The molecular weight excluding hydrogens is 162 g/mol. The van der Waals surface area contributed by atoms with E-state index in [9.17, 15) is 8.78 Å². The van der Waals surface area contributed by atoms with Crippen molar-refractivity contribution in [2.24, 2.45) is 0 Å². The van der Waals surface area contributed by atoms with Gasteiger partial charge in [-0.05, 0) is 18.2 Å². The summed E-state index contributed by atoms with van der Waals surface area (Å²) >= 11 is 0. The lowest BCUT2D eigenvalue weighted by Crippen LogP contribution is -2.21. The maximum atomic E-state index is 12.7. The highest BCUT2D eigenvalue weighted by atomic mass is 19.1. The van der Waals surface area contributed by atoms with Crippen molar-refractivity contribution in [3.63, 3.8) is 0 Å². The first-order valence-electron chi connectivity index (χ1n) is 3.81. The average Bonchev–Trinajstić information content (AvgIpc) is 2.03. The number of fused-ring (bicyclic) bond motifs is 1. The Kier molecular flexibility index (Phi) is 1.71. The molecule has 1 aliphatic rings. The van der Waals surface area contributed by atoms with Crippen molar-refractivity contribution in [1.29, 1.82) is 0 Å². The summed E-state index contributed by atoms with van der Waals surface area (Å²) in [7, 11) is 0. The molecule has 1 aromatic carbocycles. The Hall–Kier alpha value is -1.12. The molecule has 1 nitrogen and oxygen atoms in total. The lowest BCUT2D eigenvalue weighted by Gasteiger charge is -2.19. The van der Waals surface area contributed by atoms with Gasteiger partial charge in [0.2, 0.25) is 0 Å². The van der Waals surface area contributed by atoms with E-state index in [-0.39, 0.29) is 18.8 Å². The fourth-order valence-electron chi connectivity index (χ4n) is 1.33. The van der Waals surface area contributed by atoms with E-state index in [2.05, 4.69) is 0 Å². The maximum Gasteiger partial charge on any atom is 0.138 e. The monoisotopic (exact) mass is 170 g/mol. The molecule has 12 heavy (non-hydrogen) atoms. The van der Waals surface area contributed by atoms with Gasteiger partial charge in [-0.15, -0.1) is 0 Å². The minimum Gasteiger partial charge on any atom is -0.490 e. The van der Waals surface area contributed by atoms with Crippen molar-refractivity contribution in [2.45, 2.75) is 12.6 Å². The molecule has 0 bridgehead atoms. The molecule has 0 saturated heterocycles. The number of hydrogen-bond donors (Lipinski definition) is 0. The number of alkyl halides is 1. The molecule has 1 unspecified atom stereocenters. The lowest BCUT2D eigenvalue weighted by atomic mass is 10.1. The van der Waals surface area contributed by atoms with Gasteiger partial charge in [-0.3, -0.25) is 0 Å². The quantitative estimate of drug-likeness (QED) is 0.579. The van der Waals surface area contributed by atoms with Crippen molar-refractivity contribution in [1.82, 2.24) is 0 Å². The Balaban J connectivity index is 2.37. The second-order valence-corrected chi connectivity index (χ2v) is 2.86. The van der Waals surface area contributed by atoms with Crippen LogP contribution in [0.3, 0.4) is 0 Å². The molecule has 0 aromatic heterocycles. The van der Waals surface area contributed by atoms with Crippen molar-refractivity contribution in [3.05, 3.63) is 29.6 Å². The highest BCUT2D eigenvalue weighted by Crippen LogP contribution is 2.26. The Labute approximate surface area is 69.0 Å². The van der Waals surface area contributed by atoms with Gasteiger partial charge in [-0.25, -0.2) is 8.78 Å². The van der Waals surface area contributed by atoms with Crippen LogP contribution >= 0.6 is 0 Å². The zero-order chi connectivity index (χ0) is 8.55. The molecule has 0 spiro atoms. The smallest absolute Gasteiger partial charge is 0.138 e. The van der Waals surface area contributed by atoms with Gasteiger partial charge in [-0.2, -0.15) is 0 Å². The van der Waals surface area contributed by atoms with Crippen LogP contribution in [0.15, 0.2) is 18.2 Å². The van der Waals surface area contributed by atoms with Crippen LogP contribution in [0.2, 0.25) is 0 Å². The van der Waals surface area contributed by atoms with Crippen LogP contribution in [0.25, 0.3) is 0 Å². The highest BCUT2D eigenvalue weighted by Gasteiger charge is 2.18. The second kappa shape index (κ2) is 2.73. The lowest BCUT2D eigenvalue weighted by molar-refractivity contribution is 0.173. The van der Waals surface area contributed by atoms with Crippen LogP contribution < -0.4 is 4.74 Å². The summed E-state index contributed by atoms with van der Waals surface area (Å²) in [5.41, 5.74) is 0.619. The summed E-state index contributed by atoms with van der Waals surface area (Å²) in [6.07, 6.45) is -0.744.